The van der Waals surface area contributed by atoms with Gasteiger partial charge in [0.25, 0.3) is 0 Å². The van der Waals surface area contributed by atoms with Crippen molar-refractivity contribution in [2.75, 3.05) is 23.8 Å². The highest BCUT2D eigenvalue weighted by molar-refractivity contribution is 8.06. The normalized spacial score (nSPS) is 23.2. The summed E-state index contributed by atoms with van der Waals surface area (Å²) < 4.78 is 1.88. The van der Waals surface area contributed by atoms with E-state index >= 15 is 0 Å². The molecule has 0 spiro atoms. The van der Waals surface area contributed by atoms with Crippen LogP contribution in [0.1, 0.15) is 18.7 Å². The first-order valence-corrected chi connectivity index (χ1v) is 7.80. The molecule has 90 valence electrons. The molecule has 1 saturated heterocycles. The summed E-state index contributed by atoms with van der Waals surface area (Å²) in [5.41, 5.74) is 1.20. The van der Waals surface area contributed by atoms with Gasteiger partial charge in [-0.05, 0) is 6.54 Å². The second-order valence-electron chi connectivity index (χ2n) is 3.80. The number of nitrogens with one attached hydrogen (secondary N) is 1. The third-order valence-corrected chi connectivity index (χ3v) is 5.57. The Morgan fingerprint density at radius 2 is 2.50 bits per heavy atom. The number of aromatic nitrogens is 3. The average molecular weight is 258 g/mol. The molecular weight excluding hydrogens is 240 g/mol. The first-order chi connectivity index (χ1) is 7.83. The van der Waals surface area contributed by atoms with Crippen LogP contribution in [0.15, 0.2) is 6.20 Å². The van der Waals surface area contributed by atoms with Crippen molar-refractivity contribution in [2.45, 2.75) is 18.2 Å². The lowest BCUT2D eigenvalue weighted by Gasteiger charge is -2.29. The number of aryl methyl sites for hydroxylation is 1. The molecule has 2 atom stereocenters. The summed E-state index contributed by atoms with van der Waals surface area (Å²) in [5.74, 6) is 3.75. The standard InChI is InChI=1S/C10H18N4S2/c1-3-11-10(8-6-12-13-14(8)2)9-7-15-4-5-16-9/h6,9-11H,3-5,7H2,1-2H3. The fourth-order valence-electron chi connectivity index (χ4n) is 1.92. The van der Waals surface area contributed by atoms with Crippen LogP contribution in [0.25, 0.3) is 0 Å². The SMILES string of the molecule is CCNC(c1cnnn1C)C1CSCCS1. The summed E-state index contributed by atoms with van der Waals surface area (Å²) in [6.45, 7) is 3.13. The highest BCUT2D eigenvalue weighted by Crippen LogP contribution is 2.33. The van der Waals surface area contributed by atoms with Gasteiger partial charge in [-0.15, -0.1) is 5.10 Å². The molecular formula is C10H18N4S2. The molecule has 1 aromatic rings. The van der Waals surface area contributed by atoms with E-state index in [0.717, 1.165) is 6.54 Å². The lowest BCUT2D eigenvalue weighted by molar-refractivity contribution is 0.507. The number of nitrogens with zero attached hydrogens (tertiary/aromatic N) is 3. The van der Waals surface area contributed by atoms with Gasteiger partial charge in [-0.25, -0.2) is 0 Å². The summed E-state index contributed by atoms with van der Waals surface area (Å²) >= 11 is 4.12. The van der Waals surface area contributed by atoms with E-state index < -0.39 is 0 Å². The molecule has 1 aliphatic rings. The molecule has 1 fully saturated rings. The van der Waals surface area contributed by atoms with Crippen LogP contribution < -0.4 is 5.32 Å². The smallest absolute Gasteiger partial charge is 0.0764 e. The maximum absolute atomic E-state index is 4.03. The van der Waals surface area contributed by atoms with E-state index in [2.05, 4.69) is 34.3 Å². The van der Waals surface area contributed by atoms with Gasteiger partial charge < -0.3 is 5.32 Å². The zero-order valence-electron chi connectivity index (χ0n) is 9.72. The molecule has 0 amide bonds. The van der Waals surface area contributed by atoms with Crippen LogP contribution in [0.4, 0.5) is 0 Å². The van der Waals surface area contributed by atoms with Crippen LogP contribution in [0.2, 0.25) is 0 Å². The number of thioether (sulfide) groups is 2. The Balaban J connectivity index is 2.12. The zero-order chi connectivity index (χ0) is 11.4. The van der Waals surface area contributed by atoms with Crippen molar-refractivity contribution in [1.82, 2.24) is 20.3 Å². The van der Waals surface area contributed by atoms with Gasteiger partial charge in [0.1, 0.15) is 0 Å². The van der Waals surface area contributed by atoms with E-state index in [9.17, 15) is 0 Å². The predicted octanol–water partition coefficient (Wildman–Crippen LogP) is 1.31. The van der Waals surface area contributed by atoms with Crippen molar-refractivity contribution < 1.29 is 0 Å². The molecule has 6 heteroatoms. The van der Waals surface area contributed by atoms with Gasteiger partial charge in [0.05, 0.1) is 17.9 Å². The Bertz CT molecular complexity index is 322. The Kier molecular flexibility index (Phi) is 4.55. The first kappa shape index (κ1) is 12.3. The maximum atomic E-state index is 4.03. The van der Waals surface area contributed by atoms with Crippen molar-refractivity contribution in [3.8, 4) is 0 Å². The largest absolute Gasteiger partial charge is 0.308 e. The average Bonchev–Trinajstić information content (AvgIpc) is 2.73. The lowest BCUT2D eigenvalue weighted by atomic mass is 10.1. The quantitative estimate of drug-likeness (QED) is 0.882. The van der Waals surface area contributed by atoms with E-state index in [4.69, 9.17) is 0 Å². The minimum Gasteiger partial charge on any atom is -0.308 e. The van der Waals surface area contributed by atoms with Gasteiger partial charge in [-0.1, -0.05) is 12.1 Å². The Hall–Kier alpha value is -0.200. The predicted molar refractivity (Wildman–Crippen MR) is 71.0 cm³/mol. The minimum atomic E-state index is 0.378. The van der Waals surface area contributed by atoms with Crippen LogP contribution >= 0.6 is 23.5 Å². The molecule has 4 nitrogen and oxygen atoms in total. The molecule has 0 aromatic carbocycles. The molecule has 0 radical (unpaired) electrons. The van der Waals surface area contributed by atoms with E-state index in [1.54, 1.807) is 0 Å². The summed E-state index contributed by atoms with van der Waals surface area (Å²) in [6, 6.07) is 0.378. The van der Waals surface area contributed by atoms with Crippen LogP contribution in [0.5, 0.6) is 0 Å². The third kappa shape index (κ3) is 2.73. The van der Waals surface area contributed by atoms with Crippen molar-refractivity contribution in [3.05, 3.63) is 11.9 Å². The van der Waals surface area contributed by atoms with E-state index in [0.29, 0.717) is 11.3 Å². The summed E-state index contributed by atoms with van der Waals surface area (Å²) in [4.78, 5) is 0. The number of hydrogen-bond acceptors (Lipinski definition) is 5. The van der Waals surface area contributed by atoms with Crippen molar-refractivity contribution in [3.63, 3.8) is 0 Å². The van der Waals surface area contributed by atoms with Crippen molar-refractivity contribution >= 4 is 23.5 Å². The lowest BCUT2D eigenvalue weighted by Crippen LogP contribution is -2.34. The van der Waals surface area contributed by atoms with Gasteiger partial charge in [0.15, 0.2) is 0 Å². The fraction of sp³-hybridized carbons (Fsp3) is 0.800. The highest BCUT2D eigenvalue weighted by Gasteiger charge is 2.27. The molecule has 0 aliphatic carbocycles. The molecule has 0 bridgehead atoms. The van der Waals surface area contributed by atoms with Crippen molar-refractivity contribution in [2.24, 2.45) is 7.05 Å². The van der Waals surface area contributed by atoms with Gasteiger partial charge in [-0.2, -0.15) is 23.5 Å². The molecule has 1 aliphatic heterocycles. The molecule has 2 unspecified atom stereocenters. The van der Waals surface area contributed by atoms with E-state index in [-0.39, 0.29) is 0 Å². The molecule has 0 saturated carbocycles. The maximum Gasteiger partial charge on any atom is 0.0764 e. The van der Waals surface area contributed by atoms with Crippen LogP contribution in [-0.2, 0) is 7.05 Å². The van der Waals surface area contributed by atoms with E-state index in [1.807, 2.05) is 29.7 Å². The molecule has 1 N–H and O–H groups in total. The monoisotopic (exact) mass is 258 g/mol. The third-order valence-electron chi connectivity index (χ3n) is 2.71. The topological polar surface area (TPSA) is 42.7 Å². The second kappa shape index (κ2) is 5.93. The Morgan fingerprint density at radius 3 is 3.06 bits per heavy atom. The van der Waals surface area contributed by atoms with E-state index in [1.165, 1.54) is 23.0 Å². The van der Waals surface area contributed by atoms with Gasteiger partial charge in [0.2, 0.25) is 0 Å². The van der Waals surface area contributed by atoms with Crippen LogP contribution in [-0.4, -0.2) is 44.0 Å². The number of rotatable bonds is 4. The van der Waals surface area contributed by atoms with Crippen LogP contribution in [0.3, 0.4) is 0 Å². The fourth-order valence-corrected chi connectivity index (χ4v) is 4.78. The minimum absolute atomic E-state index is 0.378. The summed E-state index contributed by atoms with van der Waals surface area (Å²) in [6.07, 6.45) is 1.88. The number of hydrogen-bond donors (Lipinski definition) is 1. The zero-order valence-corrected chi connectivity index (χ0v) is 11.4. The first-order valence-electron chi connectivity index (χ1n) is 5.60. The molecule has 16 heavy (non-hydrogen) atoms. The van der Waals surface area contributed by atoms with Crippen LogP contribution in [0, 0.1) is 0 Å². The van der Waals surface area contributed by atoms with Gasteiger partial charge in [-0.3, -0.25) is 4.68 Å². The molecule has 2 heterocycles. The van der Waals surface area contributed by atoms with Gasteiger partial charge >= 0.3 is 0 Å². The van der Waals surface area contributed by atoms with Gasteiger partial charge in [0, 0.05) is 29.6 Å². The highest BCUT2D eigenvalue weighted by atomic mass is 32.2. The Labute approximate surface area is 105 Å². The second-order valence-corrected chi connectivity index (χ2v) is 6.30. The van der Waals surface area contributed by atoms with Crippen molar-refractivity contribution in [1.29, 1.82) is 0 Å². The molecule has 2 rings (SSSR count). The summed E-state index contributed by atoms with van der Waals surface area (Å²) in [7, 11) is 1.97. The Morgan fingerprint density at radius 1 is 1.62 bits per heavy atom. The summed E-state index contributed by atoms with van der Waals surface area (Å²) in [5, 5.41) is 12.2. The molecule has 1 aromatic heterocycles.